The minimum atomic E-state index is -0.106. The van der Waals surface area contributed by atoms with Crippen molar-refractivity contribution in [3.8, 4) is 0 Å². The molecule has 0 aliphatic carbocycles. The fourth-order valence-corrected chi connectivity index (χ4v) is 4.18. The Morgan fingerprint density at radius 3 is 2.68 bits per heavy atom. The number of anilines is 1. The maximum Gasteiger partial charge on any atom is 0.281 e. The number of hydrogen-bond donors (Lipinski definition) is 1. The lowest BCUT2D eigenvalue weighted by atomic mass is 10.1. The molecule has 0 radical (unpaired) electrons. The average Bonchev–Trinajstić information content (AvgIpc) is 3.36. The van der Waals surface area contributed by atoms with E-state index in [1.807, 2.05) is 53.4 Å². The van der Waals surface area contributed by atoms with E-state index in [4.69, 9.17) is 0 Å². The molecule has 1 aromatic carbocycles. The van der Waals surface area contributed by atoms with Gasteiger partial charge in [0.2, 0.25) is 0 Å². The predicted molar refractivity (Wildman–Crippen MR) is 114 cm³/mol. The number of aromatic nitrogens is 3. The molecule has 3 aromatic rings. The molecule has 1 aliphatic rings. The van der Waals surface area contributed by atoms with Gasteiger partial charge in [-0.15, -0.1) is 17.5 Å². The van der Waals surface area contributed by atoms with E-state index in [1.165, 1.54) is 0 Å². The van der Waals surface area contributed by atoms with E-state index >= 15 is 0 Å². The highest BCUT2D eigenvalue weighted by atomic mass is 35.5. The van der Waals surface area contributed by atoms with Gasteiger partial charge in [0.05, 0.1) is 18.3 Å². The largest absolute Gasteiger partial charge is 0.317 e. The molecule has 6 nitrogen and oxygen atoms in total. The highest BCUT2D eigenvalue weighted by Crippen LogP contribution is 2.24. The highest BCUT2D eigenvalue weighted by Gasteiger charge is 2.27. The van der Waals surface area contributed by atoms with Crippen molar-refractivity contribution in [3.05, 3.63) is 64.1 Å². The standard InChI is InChI=1S/C20H23N5OS.ClH/c1-15-19(22-23-25(15)18-7-10-21-11-8-18)20(26)24(13-16-9-12-27-14-16)17-5-3-2-4-6-17;/h2-6,9,12,14,18,21H,7-8,10-11,13H2,1H3;1H. The molecular formula is C20H24ClN5OS. The minimum Gasteiger partial charge on any atom is -0.317 e. The Balaban J connectivity index is 0.00000225. The summed E-state index contributed by atoms with van der Waals surface area (Å²) >= 11 is 1.63. The normalized spacial score (nSPS) is 14.5. The van der Waals surface area contributed by atoms with Gasteiger partial charge in [-0.3, -0.25) is 4.79 Å². The lowest BCUT2D eigenvalue weighted by Crippen LogP contribution is -2.32. The third kappa shape index (κ3) is 4.27. The van der Waals surface area contributed by atoms with Gasteiger partial charge in [-0.1, -0.05) is 23.4 Å². The number of rotatable bonds is 5. The quantitative estimate of drug-likeness (QED) is 0.685. The summed E-state index contributed by atoms with van der Waals surface area (Å²) in [5.74, 6) is -0.106. The molecule has 0 spiro atoms. The summed E-state index contributed by atoms with van der Waals surface area (Å²) in [5.41, 5.74) is 3.26. The molecule has 0 unspecified atom stereocenters. The van der Waals surface area contributed by atoms with Crippen LogP contribution in [0, 0.1) is 6.92 Å². The molecule has 0 atom stereocenters. The number of hydrogen-bond acceptors (Lipinski definition) is 5. The molecule has 8 heteroatoms. The van der Waals surface area contributed by atoms with Crippen LogP contribution in [0.2, 0.25) is 0 Å². The van der Waals surface area contributed by atoms with E-state index in [0.717, 1.165) is 42.9 Å². The molecule has 1 aliphatic heterocycles. The van der Waals surface area contributed by atoms with Gasteiger partial charge >= 0.3 is 0 Å². The first kappa shape index (κ1) is 20.5. The van der Waals surface area contributed by atoms with E-state index in [1.54, 1.807) is 16.2 Å². The molecule has 1 saturated heterocycles. The Labute approximate surface area is 175 Å². The van der Waals surface area contributed by atoms with Crippen molar-refractivity contribution in [1.82, 2.24) is 20.3 Å². The number of nitrogens with zero attached hydrogens (tertiary/aromatic N) is 4. The third-order valence-corrected chi connectivity index (χ3v) is 5.75. The van der Waals surface area contributed by atoms with Crippen LogP contribution in [0.3, 0.4) is 0 Å². The molecule has 28 heavy (non-hydrogen) atoms. The van der Waals surface area contributed by atoms with E-state index in [0.29, 0.717) is 18.3 Å². The Hall–Kier alpha value is -2.22. The number of benzene rings is 1. The zero-order valence-corrected chi connectivity index (χ0v) is 17.4. The minimum absolute atomic E-state index is 0. The molecule has 1 amide bonds. The highest BCUT2D eigenvalue weighted by molar-refractivity contribution is 7.07. The zero-order chi connectivity index (χ0) is 18.6. The van der Waals surface area contributed by atoms with Gasteiger partial charge < -0.3 is 10.2 Å². The van der Waals surface area contributed by atoms with Gasteiger partial charge in [0, 0.05) is 5.69 Å². The van der Waals surface area contributed by atoms with Crippen molar-refractivity contribution < 1.29 is 4.79 Å². The van der Waals surface area contributed by atoms with Crippen LogP contribution >= 0.6 is 23.7 Å². The van der Waals surface area contributed by atoms with Crippen LogP contribution in [0.1, 0.15) is 40.6 Å². The second-order valence-corrected chi connectivity index (χ2v) is 7.59. The smallest absolute Gasteiger partial charge is 0.281 e. The topological polar surface area (TPSA) is 63.1 Å². The Kier molecular flexibility index (Phi) is 6.83. The fraction of sp³-hybridized carbons (Fsp3) is 0.350. The van der Waals surface area contributed by atoms with Crippen LogP contribution in [0.25, 0.3) is 0 Å². The molecule has 1 N–H and O–H groups in total. The van der Waals surface area contributed by atoms with Gasteiger partial charge in [-0.05, 0) is 67.4 Å². The SMILES string of the molecule is Cc1c(C(=O)N(Cc2ccsc2)c2ccccc2)nnn1C1CCNCC1.Cl. The third-order valence-electron chi connectivity index (χ3n) is 5.02. The molecule has 148 valence electrons. The predicted octanol–water partition coefficient (Wildman–Crippen LogP) is 3.84. The van der Waals surface area contributed by atoms with Crippen molar-refractivity contribution >= 4 is 35.3 Å². The maximum atomic E-state index is 13.4. The maximum absolute atomic E-state index is 13.4. The lowest BCUT2D eigenvalue weighted by molar-refractivity contribution is 0.0979. The molecular weight excluding hydrogens is 394 g/mol. The molecule has 4 rings (SSSR count). The molecule has 3 heterocycles. The van der Waals surface area contributed by atoms with Gasteiger partial charge in [0.15, 0.2) is 5.69 Å². The van der Waals surface area contributed by atoms with Crippen molar-refractivity contribution in [2.24, 2.45) is 0 Å². The van der Waals surface area contributed by atoms with E-state index < -0.39 is 0 Å². The van der Waals surface area contributed by atoms with Gasteiger partial charge in [0.1, 0.15) is 0 Å². The molecule has 0 bridgehead atoms. The van der Waals surface area contributed by atoms with Gasteiger partial charge in [-0.2, -0.15) is 11.3 Å². The Bertz CT molecular complexity index is 891. The van der Waals surface area contributed by atoms with Crippen LogP contribution in [0.15, 0.2) is 47.2 Å². The Morgan fingerprint density at radius 1 is 1.25 bits per heavy atom. The van der Waals surface area contributed by atoms with E-state index in [2.05, 4.69) is 21.0 Å². The number of halogens is 1. The summed E-state index contributed by atoms with van der Waals surface area (Å²) in [7, 11) is 0. The summed E-state index contributed by atoms with van der Waals surface area (Å²) in [4.78, 5) is 15.2. The monoisotopic (exact) mass is 417 g/mol. The molecule has 0 saturated carbocycles. The second kappa shape index (κ2) is 9.32. The summed E-state index contributed by atoms with van der Waals surface area (Å²) in [6, 6.07) is 12.1. The lowest BCUT2D eigenvalue weighted by Gasteiger charge is -2.24. The first-order valence-electron chi connectivity index (χ1n) is 9.24. The number of nitrogens with one attached hydrogen (secondary N) is 1. The van der Waals surface area contributed by atoms with Crippen LogP contribution < -0.4 is 10.2 Å². The van der Waals surface area contributed by atoms with Crippen molar-refractivity contribution in [1.29, 1.82) is 0 Å². The zero-order valence-electron chi connectivity index (χ0n) is 15.7. The number of para-hydroxylation sites is 1. The second-order valence-electron chi connectivity index (χ2n) is 6.81. The summed E-state index contributed by atoms with van der Waals surface area (Å²) in [6.07, 6.45) is 2.02. The summed E-state index contributed by atoms with van der Waals surface area (Å²) < 4.78 is 1.93. The van der Waals surface area contributed by atoms with Crippen LogP contribution in [0.5, 0.6) is 0 Å². The van der Waals surface area contributed by atoms with Crippen LogP contribution in [-0.2, 0) is 6.54 Å². The van der Waals surface area contributed by atoms with Crippen LogP contribution in [0.4, 0.5) is 5.69 Å². The fourth-order valence-electron chi connectivity index (χ4n) is 3.52. The van der Waals surface area contributed by atoms with Gasteiger partial charge in [0.25, 0.3) is 5.91 Å². The first-order chi connectivity index (χ1) is 13.2. The number of carbonyl (C=O) groups is 1. The van der Waals surface area contributed by atoms with E-state index in [9.17, 15) is 4.79 Å². The van der Waals surface area contributed by atoms with Crippen molar-refractivity contribution in [2.45, 2.75) is 32.4 Å². The van der Waals surface area contributed by atoms with Crippen LogP contribution in [-0.4, -0.2) is 34.0 Å². The number of amides is 1. The number of piperidine rings is 1. The summed E-state index contributed by atoms with van der Waals surface area (Å²) in [6.45, 7) is 4.41. The van der Waals surface area contributed by atoms with Crippen molar-refractivity contribution in [2.75, 3.05) is 18.0 Å². The number of thiophene rings is 1. The first-order valence-corrected chi connectivity index (χ1v) is 10.2. The molecule has 2 aromatic heterocycles. The van der Waals surface area contributed by atoms with Crippen molar-refractivity contribution in [3.63, 3.8) is 0 Å². The summed E-state index contributed by atoms with van der Waals surface area (Å²) in [5, 5.41) is 16.1. The van der Waals surface area contributed by atoms with Gasteiger partial charge in [-0.25, -0.2) is 4.68 Å². The van der Waals surface area contributed by atoms with E-state index in [-0.39, 0.29) is 18.3 Å². The average molecular weight is 418 g/mol. The molecule has 1 fully saturated rings. The number of carbonyl (C=O) groups excluding carboxylic acids is 1. The Morgan fingerprint density at radius 2 is 2.00 bits per heavy atom.